The molecule has 2 aromatic heterocycles. The van der Waals surface area contributed by atoms with Gasteiger partial charge in [-0.25, -0.2) is 17.5 Å². The average Bonchev–Trinajstić information content (AvgIpc) is 3.38. The van der Waals surface area contributed by atoms with Gasteiger partial charge in [0.05, 0.1) is 10.5 Å². The maximum absolute atomic E-state index is 13.2. The van der Waals surface area contributed by atoms with Crippen molar-refractivity contribution in [3.8, 4) is 17.4 Å². The Morgan fingerprint density at radius 3 is 2.22 bits per heavy atom. The molecule has 36 heavy (non-hydrogen) atoms. The Balaban J connectivity index is 1.43. The number of halogens is 4. The summed E-state index contributed by atoms with van der Waals surface area (Å²) in [4.78, 5) is 8.19. The van der Waals surface area contributed by atoms with Crippen LogP contribution in [0.3, 0.4) is 0 Å². The molecule has 2 heterocycles. The molecule has 4 rings (SSSR count). The smallest absolute Gasteiger partial charge is 0.416 e. The van der Waals surface area contributed by atoms with Gasteiger partial charge in [-0.05, 0) is 48.5 Å². The molecule has 2 aromatic carbocycles. The highest BCUT2D eigenvalue weighted by atomic mass is 32.2. The molecule has 0 atom stereocenters. The summed E-state index contributed by atoms with van der Waals surface area (Å²) in [5.74, 6) is 0.400. The molecule has 0 aliphatic carbocycles. The molecular weight excluding hydrogens is 506 g/mol. The van der Waals surface area contributed by atoms with E-state index in [4.69, 9.17) is 4.74 Å². The minimum Gasteiger partial charge on any atom is -0.439 e. The van der Waals surface area contributed by atoms with Crippen LogP contribution in [-0.4, -0.2) is 46.2 Å². The van der Waals surface area contributed by atoms with Gasteiger partial charge in [0.25, 0.3) is 0 Å². The number of nitrogens with one attached hydrogen (secondary N) is 2. The third-order valence-corrected chi connectivity index (χ3v) is 6.08. The topological polar surface area (TPSA) is 124 Å². The van der Waals surface area contributed by atoms with Crippen molar-refractivity contribution in [3.05, 3.63) is 78.6 Å². The molecule has 0 saturated heterocycles. The van der Waals surface area contributed by atoms with Gasteiger partial charge in [0, 0.05) is 19.2 Å². The number of nitrogens with zero attached hydrogens (tertiary/aromatic N) is 5. The van der Waals surface area contributed by atoms with E-state index in [0.29, 0.717) is 23.7 Å². The zero-order valence-corrected chi connectivity index (χ0v) is 19.0. The van der Waals surface area contributed by atoms with Crippen LogP contribution in [0, 0.1) is 5.82 Å². The van der Waals surface area contributed by atoms with Crippen molar-refractivity contribution in [2.75, 3.05) is 18.4 Å². The Hall–Kier alpha value is -4.11. The van der Waals surface area contributed by atoms with Crippen LogP contribution in [-0.2, 0) is 16.2 Å². The second-order valence-electron chi connectivity index (χ2n) is 7.16. The summed E-state index contributed by atoms with van der Waals surface area (Å²) in [7, 11) is -4.05. The molecule has 0 amide bonds. The molecular formula is C21H17F4N7O3S. The highest BCUT2D eigenvalue weighted by molar-refractivity contribution is 7.89. The Morgan fingerprint density at radius 1 is 0.917 bits per heavy atom. The largest absolute Gasteiger partial charge is 0.439 e. The summed E-state index contributed by atoms with van der Waals surface area (Å²) in [5, 5.41) is 10.3. The fourth-order valence-electron chi connectivity index (χ4n) is 2.88. The number of hydrogen-bond acceptors (Lipinski definition) is 8. The van der Waals surface area contributed by atoms with Crippen LogP contribution in [0.2, 0.25) is 0 Å². The molecule has 0 saturated carbocycles. The summed E-state index contributed by atoms with van der Waals surface area (Å²) in [5.41, 5.74) is -0.952. The summed E-state index contributed by atoms with van der Waals surface area (Å²) in [6, 6.07) is 9.91. The number of ether oxygens (including phenoxy) is 1. The first-order chi connectivity index (χ1) is 17.1. The van der Waals surface area contributed by atoms with Crippen molar-refractivity contribution < 1.29 is 30.7 Å². The van der Waals surface area contributed by atoms with Crippen LogP contribution in [0.4, 0.5) is 23.5 Å². The number of benzene rings is 2. The van der Waals surface area contributed by atoms with Gasteiger partial charge in [0.1, 0.15) is 30.0 Å². The maximum Gasteiger partial charge on any atom is 0.416 e. The molecule has 15 heteroatoms. The summed E-state index contributed by atoms with van der Waals surface area (Å²) < 4.78 is 85.4. The summed E-state index contributed by atoms with van der Waals surface area (Å²) >= 11 is 0. The molecule has 0 fully saturated rings. The minimum atomic E-state index is -4.57. The van der Waals surface area contributed by atoms with E-state index in [1.165, 1.54) is 47.6 Å². The number of rotatable bonds is 9. The second-order valence-corrected chi connectivity index (χ2v) is 8.93. The van der Waals surface area contributed by atoms with Crippen molar-refractivity contribution in [1.29, 1.82) is 0 Å². The van der Waals surface area contributed by atoms with Crippen LogP contribution in [0.15, 0.2) is 72.1 Å². The number of anilines is 1. The van der Waals surface area contributed by atoms with Crippen LogP contribution < -0.4 is 14.8 Å². The third kappa shape index (κ3) is 6.31. The predicted molar refractivity (Wildman–Crippen MR) is 119 cm³/mol. The monoisotopic (exact) mass is 523 g/mol. The first kappa shape index (κ1) is 25.0. The highest BCUT2D eigenvalue weighted by Crippen LogP contribution is 2.29. The van der Waals surface area contributed by atoms with E-state index in [1.54, 1.807) is 0 Å². The molecule has 2 N–H and O–H groups in total. The third-order valence-electron chi connectivity index (χ3n) is 4.60. The standard InChI is InChI=1S/C21H17F4N7O3S/c22-15-3-5-16(6-4-15)35-19-11-18(32-12-27-28-13-32)30-20(31-19)26-9-10-29-36(33,34)17-7-1-14(2-8-17)21(23,24)25/h1-8,11-13,29H,9-10H2,(H,26,30,31). The Bertz CT molecular complexity index is 1410. The molecule has 0 spiro atoms. The van der Waals surface area contributed by atoms with E-state index in [-0.39, 0.29) is 29.8 Å². The van der Waals surface area contributed by atoms with Gasteiger partial charge < -0.3 is 10.1 Å². The van der Waals surface area contributed by atoms with E-state index in [9.17, 15) is 26.0 Å². The number of aromatic nitrogens is 5. The molecule has 188 valence electrons. The molecule has 0 aliphatic rings. The van der Waals surface area contributed by atoms with E-state index in [0.717, 1.165) is 12.1 Å². The summed E-state index contributed by atoms with van der Waals surface area (Å²) in [6.07, 6.45) is -1.78. The lowest BCUT2D eigenvalue weighted by atomic mass is 10.2. The number of hydrogen-bond donors (Lipinski definition) is 2. The first-order valence-electron chi connectivity index (χ1n) is 10.2. The zero-order chi connectivity index (χ0) is 25.8. The predicted octanol–water partition coefficient (Wildman–Crippen LogP) is 3.40. The molecule has 0 bridgehead atoms. The van der Waals surface area contributed by atoms with Crippen molar-refractivity contribution in [2.45, 2.75) is 11.1 Å². The van der Waals surface area contributed by atoms with Crippen LogP contribution >= 0.6 is 0 Å². The maximum atomic E-state index is 13.2. The van der Waals surface area contributed by atoms with Crippen molar-refractivity contribution in [2.24, 2.45) is 0 Å². The van der Waals surface area contributed by atoms with Gasteiger partial charge in [-0.2, -0.15) is 23.1 Å². The molecule has 4 aromatic rings. The van der Waals surface area contributed by atoms with Crippen molar-refractivity contribution in [3.63, 3.8) is 0 Å². The van der Waals surface area contributed by atoms with E-state index in [1.807, 2.05) is 0 Å². The molecule has 0 unspecified atom stereocenters. The lowest BCUT2D eigenvalue weighted by molar-refractivity contribution is -0.137. The second kappa shape index (κ2) is 10.2. The quantitative estimate of drug-likeness (QED) is 0.253. The first-order valence-corrected chi connectivity index (χ1v) is 11.7. The summed E-state index contributed by atoms with van der Waals surface area (Å²) in [6.45, 7) is -0.0980. The Labute approximate surface area is 202 Å². The van der Waals surface area contributed by atoms with Crippen LogP contribution in [0.25, 0.3) is 5.82 Å². The Morgan fingerprint density at radius 2 is 1.58 bits per heavy atom. The van der Waals surface area contributed by atoms with Gasteiger partial charge in [0.15, 0.2) is 0 Å². The van der Waals surface area contributed by atoms with E-state index in [2.05, 4.69) is 30.2 Å². The SMILES string of the molecule is O=S(=O)(NCCNc1nc(Oc2ccc(F)cc2)cc(-n2cnnc2)n1)c1ccc(C(F)(F)F)cc1. The van der Waals surface area contributed by atoms with Crippen LogP contribution in [0.5, 0.6) is 11.6 Å². The van der Waals surface area contributed by atoms with Gasteiger partial charge in [-0.15, -0.1) is 10.2 Å². The average molecular weight is 523 g/mol. The van der Waals surface area contributed by atoms with Gasteiger partial charge in [-0.1, -0.05) is 0 Å². The molecule has 0 aliphatic heterocycles. The fourth-order valence-corrected chi connectivity index (χ4v) is 3.92. The van der Waals surface area contributed by atoms with Gasteiger partial charge in [-0.3, -0.25) is 4.57 Å². The van der Waals surface area contributed by atoms with Crippen molar-refractivity contribution in [1.82, 2.24) is 29.5 Å². The number of sulfonamides is 1. The normalized spacial score (nSPS) is 11.9. The van der Waals surface area contributed by atoms with E-state index < -0.39 is 27.6 Å². The van der Waals surface area contributed by atoms with E-state index >= 15 is 0 Å². The van der Waals surface area contributed by atoms with Crippen LogP contribution in [0.1, 0.15) is 5.56 Å². The number of alkyl halides is 3. The van der Waals surface area contributed by atoms with Gasteiger partial charge in [0.2, 0.25) is 21.9 Å². The zero-order valence-electron chi connectivity index (χ0n) is 18.1. The Kier molecular flexibility index (Phi) is 7.12. The lowest BCUT2D eigenvalue weighted by Gasteiger charge is -2.12. The highest BCUT2D eigenvalue weighted by Gasteiger charge is 2.30. The van der Waals surface area contributed by atoms with Gasteiger partial charge >= 0.3 is 6.18 Å². The minimum absolute atomic E-state index is 0.0293. The lowest BCUT2D eigenvalue weighted by Crippen LogP contribution is -2.29. The molecule has 0 radical (unpaired) electrons. The van der Waals surface area contributed by atoms with Crippen molar-refractivity contribution >= 4 is 16.0 Å². The fraction of sp³-hybridized carbons (Fsp3) is 0.143. The molecule has 10 nitrogen and oxygen atoms in total.